The van der Waals surface area contributed by atoms with E-state index in [0.29, 0.717) is 18.4 Å². The summed E-state index contributed by atoms with van der Waals surface area (Å²) >= 11 is 5.51. The number of hydrogen-bond donors (Lipinski definition) is 2. The molecule has 0 aliphatic carbocycles. The first kappa shape index (κ1) is 31.6. The van der Waals surface area contributed by atoms with Crippen molar-refractivity contribution in [3.63, 3.8) is 0 Å². The topological polar surface area (TPSA) is 145 Å². The van der Waals surface area contributed by atoms with Crippen LogP contribution in [0.25, 0.3) is 0 Å². The summed E-state index contributed by atoms with van der Waals surface area (Å²) in [5.74, 6) is -4.12. The molecule has 0 atom stereocenters. The Hall–Kier alpha value is -2.40. The third-order valence-corrected chi connectivity index (χ3v) is 6.97. The normalized spacial score (nSPS) is 12.0. The number of ketones is 1. The number of Topliss-reactive ketones (excluding diaryl/α,β-unsaturated/α-hetero) is 1. The van der Waals surface area contributed by atoms with Crippen LogP contribution in [0.1, 0.15) is 41.5 Å². The summed E-state index contributed by atoms with van der Waals surface area (Å²) < 4.78 is 86.7. The number of nitrogens with one attached hydrogen (secondary N) is 2. The fourth-order valence-corrected chi connectivity index (χ4v) is 4.46. The Kier molecular flexibility index (Phi) is 10.7. The number of aldehydes is 1. The van der Waals surface area contributed by atoms with Crippen molar-refractivity contribution in [2.75, 3.05) is 14.2 Å². The lowest BCUT2D eigenvalue weighted by Gasteiger charge is -2.18. The lowest BCUT2D eigenvalue weighted by Crippen LogP contribution is -2.26. The van der Waals surface area contributed by atoms with Crippen molar-refractivity contribution < 1.29 is 49.3 Å². The zero-order valence-corrected chi connectivity index (χ0v) is 21.9. The monoisotopic (exact) mass is 574 g/mol. The highest BCUT2D eigenvalue weighted by Crippen LogP contribution is 2.26. The van der Waals surface area contributed by atoms with Gasteiger partial charge in [0.25, 0.3) is 20.0 Å². The van der Waals surface area contributed by atoms with Crippen molar-refractivity contribution in [3.8, 4) is 0 Å². The van der Waals surface area contributed by atoms with Crippen molar-refractivity contribution in [3.05, 3.63) is 57.9 Å². The van der Waals surface area contributed by atoms with E-state index in [1.54, 1.807) is 30.5 Å². The van der Waals surface area contributed by atoms with Crippen LogP contribution in [0.4, 0.5) is 13.2 Å². The Balaban J connectivity index is 0.000000369. The highest BCUT2D eigenvalue weighted by Gasteiger charge is 2.29. The number of hydrogen-bond acceptors (Lipinski definition) is 8. The van der Waals surface area contributed by atoms with Crippen LogP contribution in [0.5, 0.6) is 0 Å². The third kappa shape index (κ3) is 7.80. The van der Waals surface area contributed by atoms with E-state index in [4.69, 9.17) is 11.6 Å². The van der Waals surface area contributed by atoms with Gasteiger partial charge in [0, 0.05) is 17.0 Å². The van der Waals surface area contributed by atoms with Gasteiger partial charge in [0.1, 0.15) is 27.2 Å². The summed E-state index contributed by atoms with van der Waals surface area (Å²) in [6.07, 6.45) is 0.327. The molecule has 36 heavy (non-hydrogen) atoms. The van der Waals surface area contributed by atoms with E-state index in [9.17, 15) is 39.6 Å². The first-order valence-corrected chi connectivity index (χ1v) is 12.8. The van der Waals surface area contributed by atoms with E-state index in [2.05, 4.69) is 9.68 Å². The second kappa shape index (κ2) is 12.2. The van der Waals surface area contributed by atoms with Crippen LogP contribution in [0.15, 0.2) is 34.1 Å². The molecule has 0 amide bonds. The maximum absolute atomic E-state index is 13.7. The summed E-state index contributed by atoms with van der Waals surface area (Å²) in [7, 11) is -6.39. The molecule has 2 aromatic carbocycles. The highest BCUT2D eigenvalue weighted by molar-refractivity contribution is 7.89. The van der Waals surface area contributed by atoms with Crippen molar-refractivity contribution >= 4 is 43.7 Å². The summed E-state index contributed by atoms with van der Waals surface area (Å²) in [4.78, 5) is 32.6. The second-order valence-corrected chi connectivity index (χ2v) is 11.5. The molecule has 0 aliphatic rings. The van der Waals surface area contributed by atoms with Gasteiger partial charge < -0.3 is 0 Å². The summed E-state index contributed by atoms with van der Waals surface area (Å²) in [6.45, 7) is 4.62. The number of rotatable bonds is 8. The lowest BCUT2D eigenvalue weighted by atomic mass is 9.86. The number of carbonyl (C=O) groups is 2. The van der Waals surface area contributed by atoms with E-state index >= 15 is 0 Å². The van der Waals surface area contributed by atoms with Crippen LogP contribution in [-0.4, -0.2) is 43.1 Å². The Morgan fingerprint density at radius 2 is 1.31 bits per heavy atom. The fraction of sp³-hybridized carbons (Fsp3) is 0.300. The molecule has 2 N–H and O–H groups in total. The van der Waals surface area contributed by atoms with Crippen LogP contribution in [0.3, 0.4) is 0 Å². The molecular formula is C20H22ClF3N2O8S2. The smallest absolute Gasteiger partial charge is 0.265 e. The molecule has 10 nitrogen and oxygen atoms in total. The molecule has 0 unspecified atom stereocenters. The molecule has 0 fully saturated rings. The summed E-state index contributed by atoms with van der Waals surface area (Å²) in [6, 6.07) is 2.60. The van der Waals surface area contributed by atoms with Gasteiger partial charge >= 0.3 is 0 Å². The maximum Gasteiger partial charge on any atom is 0.265 e. The minimum Gasteiger partial charge on any atom is -0.298 e. The largest absolute Gasteiger partial charge is 0.298 e. The molecule has 0 saturated carbocycles. The van der Waals surface area contributed by atoms with E-state index in [1.807, 2.05) is 0 Å². The third-order valence-electron chi connectivity index (χ3n) is 4.09. The second-order valence-electron chi connectivity index (χ2n) is 7.85. The Labute approximate surface area is 210 Å². The first-order chi connectivity index (χ1) is 16.4. The van der Waals surface area contributed by atoms with Crippen LogP contribution in [0.2, 0.25) is 5.02 Å². The van der Waals surface area contributed by atoms with Gasteiger partial charge in [-0.3, -0.25) is 19.3 Å². The predicted molar refractivity (Wildman–Crippen MR) is 122 cm³/mol. The van der Waals surface area contributed by atoms with E-state index < -0.39 is 64.1 Å². The van der Waals surface area contributed by atoms with Crippen LogP contribution in [-0.2, 0) is 29.7 Å². The zero-order valence-electron chi connectivity index (χ0n) is 19.5. The van der Waals surface area contributed by atoms with Crippen LogP contribution < -0.4 is 9.77 Å². The summed E-state index contributed by atoms with van der Waals surface area (Å²) in [5, 5.41) is -0.163. The number of halogens is 4. The molecule has 2 rings (SSSR count). The van der Waals surface area contributed by atoms with Gasteiger partial charge in [0.05, 0.1) is 24.8 Å². The molecule has 200 valence electrons. The average Bonchev–Trinajstić information content (AvgIpc) is 2.72. The Morgan fingerprint density at radius 1 is 0.861 bits per heavy atom. The SMILES string of the molecule is CONS(=O)(=O)c1cc(C(=O)C(C)(C)C)c(F)cc1F.CONS(=O)(=O)c1cc(C=O)c(Cl)cc1F. The van der Waals surface area contributed by atoms with Crippen molar-refractivity contribution in [2.24, 2.45) is 5.41 Å². The van der Waals surface area contributed by atoms with Crippen LogP contribution >= 0.6 is 11.6 Å². The minimum absolute atomic E-state index is 0.125. The van der Waals surface area contributed by atoms with Gasteiger partial charge in [-0.2, -0.15) is 0 Å². The summed E-state index contributed by atoms with van der Waals surface area (Å²) in [5.41, 5.74) is -1.55. The van der Waals surface area contributed by atoms with Crippen LogP contribution in [0, 0.1) is 22.9 Å². The molecule has 2 aromatic rings. The van der Waals surface area contributed by atoms with Crippen molar-refractivity contribution in [2.45, 2.75) is 30.6 Å². The molecule has 16 heteroatoms. The molecule has 0 aromatic heterocycles. The quantitative estimate of drug-likeness (QED) is 0.278. The standard InChI is InChI=1S/C12H15F2NO4S.C8H7ClFNO4S/c1-12(2,3)11(16)7-5-10(9(14)6-8(7)13)20(17,18)15-19-4;1-15-11-16(13,14)8-2-5(4-12)6(9)3-7(8)10/h5-6,15H,1-4H3;2-4,11H,1H3. The van der Waals surface area contributed by atoms with Crippen molar-refractivity contribution in [1.29, 1.82) is 0 Å². The highest BCUT2D eigenvalue weighted by atomic mass is 35.5. The zero-order chi connectivity index (χ0) is 28.1. The van der Waals surface area contributed by atoms with Gasteiger partial charge in [-0.25, -0.2) is 30.0 Å². The number of benzene rings is 2. The van der Waals surface area contributed by atoms with E-state index in [1.165, 1.54) is 0 Å². The number of sulfonamides is 2. The molecular weight excluding hydrogens is 553 g/mol. The van der Waals surface area contributed by atoms with E-state index in [0.717, 1.165) is 26.4 Å². The van der Waals surface area contributed by atoms with Gasteiger partial charge in [-0.15, -0.1) is 0 Å². The fourth-order valence-electron chi connectivity index (χ4n) is 2.46. The maximum atomic E-state index is 13.7. The Bertz CT molecular complexity index is 1360. The van der Waals surface area contributed by atoms with Gasteiger partial charge in [-0.05, 0) is 18.2 Å². The Morgan fingerprint density at radius 3 is 1.72 bits per heavy atom. The minimum atomic E-state index is -4.33. The molecule has 0 spiro atoms. The van der Waals surface area contributed by atoms with Crippen molar-refractivity contribution in [1.82, 2.24) is 9.77 Å². The van der Waals surface area contributed by atoms with Gasteiger partial charge in [0.2, 0.25) is 0 Å². The van der Waals surface area contributed by atoms with Gasteiger partial charge in [0.15, 0.2) is 12.1 Å². The predicted octanol–water partition coefficient (Wildman–Crippen LogP) is 3.16. The molecule has 0 saturated heterocycles. The molecule has 0 heterocycles. The average molecular weight is 575 g/mol. The molecule has 0 bridgehead atoms. The van der Waals surface area contributed by atoms with E-state index in [-0.39, 0.29) is 10.6 Å². The first-order valence-electron chi connectivity index (χ1n) is 9.50. The lowest BCUT2D eigenvalue weighted by molar-refractivity contribution is 0.0853. The molecule has 0 radical (unpaired) electrons. The molecule has 0 aliphatic heterocycles. The number of carbonyl (C=O) groups excluding carboxylic acids is 2. The van der Waals surface area contributed by atoms with Gasteiger partial charge in [-0.1, -0.05) is 42.1 Å².